The van der Waals surface area contributed by atoms with E-state index in [1.165, 1.54) is 12.1 Å². The molecule has 0 radical (unpaired) electrons. The van der Waals surface area contributed by atoms with Crippen molar-refractivity contribution in [3.05, 3.63) is 22.2 Å². The van der Waals surface area contributed by atoms with Gasteiger partial charge >= 0.3 is 0 Å². The minimum absolute atomic E-state index is 0.0781. The second kappa shape index (κ2) is 5.40. The summed E-state index contributed by atoms with van der Waals surface area (Å²) in [5.74, 6) is 0.844. The summed E-state index contributed by atoms with van der Waals surface area (Å²) in [7, 11) is -0.914. The van der Waals surface area contributed by atoms with Gasteiger partial charge in [0.05, 0.1) is 17.1 Å². The Morgan fingerprint density at radius 3 is 2.88 bits per heavy atom. The second-order valence-corrected chi connectivity index (χ2v) is 4.65. The Hall–Kier alpha value is -1.70. The first-order valence-corrected chi connectivity index (χ1v) is 6.17. The highest BCUT2D eigenvalue weighted by Gasteiger charge is 2.09. The molecule has 1 rings (SSSR count). The van der Waals surface area contributed by atoms with Gasteiger partial charge in [0.2, 0.25) is 0 Å². The highest BCUT2D eigenvalue weighted by atomic mass is 32.2. The number of nitrogen functional groups attached to an aromatic ring is 1. The van der Waals surface area contributed by atoms with Crippen molar-refractivity contribution in [3.8, 4) is 0 Å². The van der Waals surface area contributed by atoms with E-state index < -0.39 is 15.7 Å². The van der Waals surface area contributed by atoms with Gasteiger partial charge in [0, 0.05) is 29.4 Å². The lowest BCUT2D eigenvalue weighted by Gasteiger charge is -2.04. The third-order valence-electron chi connectivity index (χ3n) is 1.74. The van der Waals surface area contributed by atoms with Gasteiger partial charge in [-0.15, -0.1) is 0 Å². The maximum absolute atomic E-state index is 10.8. The Labute approximate surface area is 94.7 Å². The molecule has 1 atom stereocenters. The molecule has 1 unspecified atom stereocenters. The summed E-state index contributed by atoms with van der Waals surface area (Å²) in [5, 5.41) is 13.4. The molecular weight excluding hydrogens is 232 g/mol. The van der Waals surface area contributed by atoms with Crippen LogP contribution in [0.2, 0.25) is 0 Å². The lowest BCUT2D eigenvalue weighted by atomic mass is 10.4. The summed E-state index contributed by atoms with van der Waals surface area (Å²) in [6.45, 7) is 0.427. The number of nitrogens with zero attached hydrogens (tertiary/aromatic N) is 2. The lowest BCUT2D eigenvalue weighted by Crippen LogP contribution is -2.11. The van der Waals surface area contributed by atoms with E-state index in [1.54, 1.807) is 6.26 Å². The summed E-state index contributed by atoms with van der Waals surface area (Å²) in [4.78, 5) is 13.9. The van der Waals surface area contributed by atoms with Crippen molar-refractivity contribution in [2.24, 2.45) is 0 Å². The van der Waals surface area contributed by atoms with E-state index >= 15 is 0 Å². The summed E-state index contributed by atoms with van der Waals surface area (Å²) >= 11 is 0. The van der Waals surface area contributed by atoms with Crippen LogP contribution in [-0.2, 0) is 10.8 Å². The van der Waals surface area contributed by atoms with Crippen LogP contribution in [0.1, 0.15) is 0 Å². The van der Waals surface area contributed by atoms with Gasteiger partial charge in [0.1, 0.15) is 11.6 Å². The first-order valence-electron chi connectivity index (χ1n) is 4.45. The zero-order chi connectivity index (χ0) is 12.1. The molecule has 1 aromatic rings. The predicted octanol–water partition coefficient (Wildman–Crippen LogP) is 0.362. The smallest absolute Gasteiger partial charge is 0.276 e. The summed E-state index contributed by atoms with van der Waals surface area (Å²) in [6, 6.07) is 2.47. The number of hydrogen-bond donors (Lipinski definition) is 2. The molecule has 0 aliphatic carbocycles. The normalized spacial score (nSPS) is 12.1. The van der Waals surface area contributed by atoms with Gasteiger partial charge in [0.15, 0.2) is 0 Å². The average molecular weight is 244 g/mol. The Morgan fingerprint density at radius 1 is 1.62 bits per heavy atom. The molecule has 1 aromatic heterocycles. The standard InChI is InChI=1S/C8H12N4O3S/c1-16(15)3-2-10-8-5-6(12(13)14)4-7(9)11-8/h4-5H,2-3H2,1H3,(H3,9,10,11). The van der Waals surface area contributed by atoms with Gasteiger partial charge < -0.3 is 11.1 Å². The van der Waals surface area contributed by atoms with Crippen LogP contribution in [0.15, 0.2) is 12.1 Å². The summed E-state index contributed by atoms with van der Waals surface area (Å²) in [5.41, 5.74) is 5.30. The Morgan fingerprint density at radius 2 is 2.31 bits per heavy atom. The maximum atomic E-state index is 10.8. The molecule has 0 aromatic carbocycles. The highest BCUT2D eigenvalue weighted by Crippen LogP contribution is 2.18. The van der Waals surface area contributed by atoms with E-state index in [1.807, 2.05) is 0 Å². The fraction of sp³-hybridized carbons (Fsp3) is 0.375. The van der Waals surface area contributed by atoms with Gasteiger partial charge in [0.25, 0.3) is 5.69 Å². The molecule has 0 saturated carbocycles. The van der Waals surface area contributed by atoms with Crippen LogP contribution in [0.25, 0.3) is 0 Å². The average Bonchev–Trinajstić information content (AvgIpc) is 2.16. The number of nitro groups is 1. The lowest BCUT2D eigenvalue weighted by molar-refractivity contribution is -0.384. The molecule has 3 N–H and O–H groups in total. The van der Waals surface area contributed by atoms with Crippen LogP contribution in [-0.4, -0.2) is 32.7 Å². The molecule has 7 nitrogen and oxygen atoms in total. The minimum atomic E-state index is -0.914. The summed E-state index contributed by atoms with van der Waals surface area (Å²) in [6.07, 6.45) is 1.58. The van der Waals surface area contributed by atoms with Crippen LogP contribution in [0, 0.1) is 10.1 Å². The van der Waals surface area contributed by atoms with Gasteiger partial charge in [-0.3, -0.25) is 14.3 Å². The highest BCUT2D eigenvalue weighted by molar-refractivity contribution is 7.84. The number of anilines is 2. The maximum Gasteiger partial charge on any atom is 0.276 e. The number of nitrogens with two attached hydrogens (primary N) is 1. The molecule has 0 amide bonds. The van der Waals surface area contributed by atoms with E-state index in [9.17, 15) is 14.3 Å². The third-order valence-corrected chi connectivity index (χ3v) is 2.52. The van der Waals surface area contributed by atoms with Crippen molar-refractivity contribution < 1.29 is 9.13 Å². The molecule has 8 heteroatoms. The molecule has 16 heavy (non-hydrogen) atoms. The Kier molecular flexibility index (Phi) is 4.18. The predicted molar refractivity (Wildman–Crippen MR) is 62.7 cm³/mol. The number of hydrogen-bond acceptors (Lipinski definition) is 6. The molecular formula is C8H12N4O3S. The largest absolute Gasteiger partial charge is 0.383 e. The SMILES string of the molecule is CS(=O)CCNc1cc([N+](=O)[O-])cc(N)n1. The fourth-order valence-electron chi connectivity index (χ4n) is 1.06. The van der Waals surface area contributed by atoms with Crippen LogP contribution >= 0.6 is 0 Å². The molecule has 0 aliphatic rings. The molecule has 0 saturated heterocycles. The molecule has 0 aliphatic heterocycles. The minimum Gasteiger partial charge on any atom is -0.383 e. The zero-order valence-electron chi connectivity index (χ0n) is 8.67. The monoisotopic (exact) mass is 244 g/mol. The molecule has 0 fully saturated rings. The van der Waals surface area contributed by atoms with Crippen molar-refractivity contribution in [3.63, 3.8) is 0 Å². The molecule has 88 valence electrons. The van der Waals surface area contributed by atoms with E-state index in [0.29, 0.717) is 18.1 Å². The Balaban J connectivity index is 2.72. The molecule has 0 spiro atoms. The summed E-state index contributed by atoms with van der Waals surface area (Å²) < 4.78 is 10.8. The number of pyridine rings is 1. The van der Waals surface area contributed by atoms with E-state index in [4.69, 9.17) is 5.73 Å². The zero-order valence-corrected chi connectivity index (χ0v) is 9.49. The number of rotatable bonds is 5. The van der Waals surface area contributed by atoms with Gasteiger partial charge in [-0.25, -0.2) is 4.98 Å². The van der Waals surface area contributed by atoms with E-state index in [2.05, 4.69) is 10.3 Å². The number of aromatic nitrogens is 1. The van der Waals surface area contributed by atoms with Crippen LogP contribution in [0.5, 0.6) is 0 Å². The van der Waals surface area contributed by atoms with Gasteiger partial charge in [-0.2, -0.15) is 0 Å². The van der Waals surface area contributed by atoms with Crippen molar-refractivity contribution in [2.45, 2.75) is 0 Å². The van der Waals surface area contributed by atoms with Crippen molar-refractivity contribution >= 4 is 28.1 Å². The van der Waals surface area contributed by atoms with Gasteiger partial charge in [-0.05, 0) is 0 Å². The van der Waals surface area contributed by atoms with Gasteiger partial charge in [-0.1, -0.05) is 0 Å². The van der Waals surface area contributed by atoms with Crippen molar-refractivity contribution in [2.75, 3.05) is 29.6 Å². The molecule has 1 heterocycles. The van der Waals surface area contributed by atoms with Crippen molar-refractivity contribution in [1.29, 1.82) is 0 Å². The topological polar surface area (TPSA) is 111 Å². The third kappa shape index (κ3) is 3.81. The second-order valence-electron chi connectivity index (χ2n) is 3.10. The quantitative estimate of drug-likeness (QED) is 0.571. The van der Waals surface area contributed by atoms with E-state index in [0.717, 1.165) is 0 Å². The first-order chi connectivity index (χ1) is 7.49. The van der Waals surface area contributed by atoms with Crippen LogP contribution in [0.3, 0.4) is 0 Å². The fourth-order valence-corrected chi connectivity index (χ4v) is 1.45. The van der Waals surface area contributed by atoms with E-state index in [-0.39, 0.29) is 11.5 Å². The Bertz CT molecular complexity index is 424. The first kappa shape index (κ1) is 12.4. The van der Waals surface area contributed by atoms with Crippen LogP contribution in [0.4, 0.5) is 17.3 Å². The van der Waals surface area contributed by atoms with Crippen molar-refractivity contribution in [1.82, 2.24) is 4.98 Å². The molecule has 0 bridgehead atoms. The number of nitrogens with one attached hydrogen (secondary N) is 1. The van der Waals surface area contributed by atoms with Crippen LogP contribution < -0.4 is 11.1 Å².